The number of ether oxygens (including phenoxy) is 1. The molecule has 2 aliphatic rings. The lowest BCUT2D eigenvalue weighted by molar-refractivity contribution is -0.143. The largest absolute Gasteiger partial charge is 0.492 e. The van der Waals surface area contributed by atoms with Gasteiger partial charge in [-0.3, -0.25) is 9.59 Å². The van der Waals surface area contributed by atoms with Gasteiger partial charge in [0.15, 0.2) is 0 Å². The minimum atomic E-state index is -3.85. The maximum absolute atomic E-state index is 13.1. The fraction of sp³-hybridized carbons (Fsp3) is 0.533. The van der Waals surface area contributed by atoms with Crippen molar-refractivity contribution in [3.8, 4) is 5.75 Å². The molecule has 0 bridgehead atoms. The smallest absolute Gasteiger partial charge is 0.328 e. The Morgan fingerprint density at radius 3 is 2.73 bits per heavy atom. The van der Waals surface area contributed by atoms with Crippen LogP contribution in [0.1, 0.15) is 36.9 Å². The molecular formula is C30H42N6O7S. The lowest BCUT2D eigenvalue weighted by Gasteiger charge is -2.37. The van der Waals surface area contributed by atoms with Crippen LogP contribution < -0.4 is 20.7 Å². The van der Waals surface area contributed by atoms with Crippen LogP contribution in [0.5, 0.6) is 5.75 Å². The van der Waals surface area contributed by atoms with E-state index in [1.807, 2.05) is 25.1 Å². The Kier molecular flexibility index (Phi) is 11.5. The highest BCUT2D eigenvalue weighted by atomic mass is 32.2. The third-order valence-corrected chi connectivity index (χ3v) is 9.45. The number of sulfonamides is 1. The van der Waals surface area contributed by atoms with E-state index in [2.05, 4.69) is 27.0 Å². The summed E-state index contributed by atoms with van der Waals surface area (Å²) in [5, 5.41) is 17.9. The summed E-state index contributed by atoms with van der Waals surface area (Å²) in [6.45, 7) is 1.58. The molecule has 0 radical (unpaired) electrons. The SMILES string of the molecule is CN(C)CCOc1cccc(S(=O)(=O)N2CC(C(=O)N[C@@H](CNC(=O)CCCCc3ccc4c(n3)NCCC4)C(=O)O)C2)c1. The van der Waals surface area contributed by atoms with E-state index >= 15 is 0 Å². The van der Waals surface area contributed by atoms with Crippen molar-refractivity contribution in [2.75, 3.05) is 58.7 Å². The quantitative estimate of drug-likeness (QED) is 0.197. The van der Waals surface area contributed by atoms with E-state index in [0.29, 0.717) is 25.3 Å². The number of carbonyl (C=O) groups is 3. The number of anilines is 1. The number of rotatable bonds is 16. The van der Waals surface area contributed by atoms with Crippen LogP contribution in [0.4, 0.5) is 5.82 Å². The normalized spacial score (nSPS) is 15.9. The Hall–Kier alpha value is -3.75. The minimum Gasteiger partial charge on any atom is -0.492 e. The molecule has 2 aliphatic heterocycles. The summed E-state index contributed by atoms with van der Waals surface area (Å²) in [7, 11) is -0.0336. The molecule has 13 nitrogen and oxygen atoms in total. The number of hydrogen-bond acceptors (Lipinski definition) is 9. The second kappa shape index (κ2) is 15.3. The van der Waals surface area contributed by atoms with Crippen molar-refractivity contribution in [2.24, 2.45) is 5.92 Å². The fourth-order valence-corrected chi connectivity index (χ4v) is 6.48. The summed E-state index contributed by atoms with van der Waals surface area (Å²) >= 11 is 0. The molecule has 44 heavy (non-hydrogen) atoms. The first kappa shape index (κ1) is 33.1. The van der Waals surface area contributed by atoms with Crippen molar-refractivity contribution in [3.05, 3.63) is 47.7 Å². The van der Waals surface area contributed by atoms with E-state index in [-0.39, 0.29) is 36.9 Å². The molecule has 1 aromatic heterocycles. The van der Waals surface area contributed by atoms with Crippen LogP contribution in [-0.2, 0) is 37.2 Å². The third-order valence-electron chi connectivity index (χ3n) is 7.63. The highest BCUT2D eigenvalue weighted by Crippen LogP contribution is 2.27. The number of nitrogens with one attached hydrogen (secondary N) is 3. The first-order valence-corrected chi connectivity index (χ1v) is 16.4. The number of nitrogens with zero attached hydrogens (tertiary/aromatic N) is 3. The Morgan fingerprint density at radius 2 is 1.98 bits per heavy atom. The minimum absolute atomic E-state index is 0.0563. The number of fused-ring (bicyclic) bond motifs is 1. The molecular weight excluding hydrogens is 588 g/mol. The molecule has 4 rings (SSSR count). The van der Waals surface area contributed by atoms with Crippen LogP contribution in [0.2, 0.25) is 0 Å². The van der Waals surface area contributed by atoms with E-state index < -0.39 is 33.9 Å². The molecule has 1 saturated heterocycles. The average Bonchev–Trinajstić information content (AvgIpc) is 2.96. The number of carbonyl (C=O) groups excluding carboxylic acids is 2. The molecule has 14 heteroatoms. The number of aliphatic carboxylic acids is 1. The number of unbranched alkanes of at least 4 members (excludes halogenated alkanes) is 1. The van der Waals surface area contributed by atoms with E-state index in [1.54, 1.807) is 12.1 Å². The Bertz CT molecular complexity index is 1430. The van der Waals surface area contributed by atoms with Crippen LogP contribution in [0, 0.1) is 5.92 Å². The van der Waals surface area contributed by atoms with Crippen molar-refractivity contribution in [3.63, 3.8) is 0 Å². The number of hydrogen-bond donors (Lipinski definition) is 4. The van der Waals surface area contributed by atoms with Crippen molar-refractivity contribution in [1.29, 1.82) is 0 Å². The Balaban J connectivity index is 1.17. The predicted octanol–water partition coefficient (Wildman–Crippen LogP) is 1.10. The number of aromatic nitrogens is 1. The summed E-state index contributed by atoms with van der Waals surface area (Å²) < 4.78 is 32.9. The summed E-state index contributed by atoms with van der Waals surface area (Å²) in [6, 6.07) is 8.97. The second-order valence-corrected chi connectivity index (χ2v) is 13.3. The Morgan fingerprint density at radius 1 is 1.18 bits per heavy atom. The maximum Gasteiger partial charge on any atom is 0.328 e. The van der Waals surface area contributed by atoms with Gasteiger partial charge in [0.25, 0.3) is 0 Å². The molecule has 0 aliphatic carbocycles. The van der Waals surface area contributed by atoms with E-state index in [0.717, 1.165) is 43.7 Å². The molecule has 2 aromatic rings. The van der Waals surface area contributed by atoms with Gasteiger partial charge in [-0.05, 0) is 70.0 Å². The molecule has 4 N–H and O–H groups in total. The first-order chi connectivity index (χ1) is 21.0. The highest BCUT2D eigenvalue weighted by molar-refractivity contribution is 7.89. The molecule has 3 heterocycles. The van der Waals surface area contributed by atoms with Crippen LogP contribution >= 0.6 is 0 Å². The van der Waals surface area contributed by atoms with Gasteiger partial charge in [0, 0.05) is 50.9 Å². The molecule has 0 unspecified atom stereocenters. The predicted molar refractivity (Wildman–Crippen MR) is 164 cm³/mol. The average molecular weight is 631 g/mol. The van der Waals surface area contributed by atoms with Gasteiger partial charge in [-0.15, -0.1) is 0 Å². The first-order valence-electron chi connectivity index (χ1n) is 14.9. The molecule has 2 amide bonds. The number of likely N-dealkylation sites (N-methyl/N-ethyl adjacent to an activating group) is 1. The zero-order valence-electron chi connectivity index (χ0n) is 25.3. The highest BCUT2D eigenvalue weighted by Gasteiger charge is 2.41. The van der Waals surface area contributed by atoms with E-state index in [9.17, 15) is 27.9 Å². The van der Waals surface area contributed by atoms with Gasteiger partial charge >= 0.3 is 5.97 Å². The second-order valence-electron chi connectivity index (χ2n) is 11.4. The van der Waals surface area contributed by atoms with Gasteiger partial charge in [-0.25, -0.2) is 18.2 Å². The van der Waals surface area contributed by atoms with Crippen molar-refractivity contribution in [1.82, 2.24) is 24.8 Å². The number of amides is 2. The standard InChI is InChI=1S/C30H42N6O7S/c1-35(2)15-16-43-24-9-5-10-25(17-24)44(41,42)36-19-22(20-36)29(38)34-26(30(39)40)18-32-27(37)11-4-3-8-23-13-12-21-7-6-14-31-28(21)33-23/h5,9-10,12-13,17,22,26H,3-4,6-8,11,14-16,18-20H2,1-2H3,(H,31,33)(H,32,37)(H,34,38)(H,39,40)/t26-/m0/s1. The van der Waals surface area contributed by atoms with Gasteiger partial charge in [0.05, 0.1) is 10.8 Å². The molecule has 0 spiro atoms. The summed E-state index contributed by atoms with van der Waals surface area (Å²) in [5.74, 6) is -1.51. The number of benzene rings is 1. The van der Waals surface area contributed by atoms with E-state index in [4.69, 9.17) is 4.74 Å². The lowest BCUT2D eigenvalue weighted by atomic mass is 10.0. The zero-order chi connectivity index (χ0) is 31.7. The zero-order valence-corrected chi connectivity index (χ0v) is 26.1. The lowest BCUT2D eigenvalue weighted by Crippen LogP contribution is -2.58. The van der Waals surface area contributed by atoms with Crippen LogP contribution in [-0.4, -0.2) is 105 Å². The van der Waals surface area contributed by atoms with Gasteiger partial charge in [0.1, 0.15) is 24.2 Å². The number of carboxylic acids is 1. The van der Waals surface area contributed by atoms with Gasteiger partial charge in [-0.1, -0.05) is 12.1 Å². The molecule has 240 valence electrons. The van der Waals surface area contributed by atoms with Crippen molar-refractivity contribution < 1.29 is 32.6 Å². The van der Waals surface area contributed by atoms with Gasteiger partial charge in [0.2, 0.25) is 21.8 Å². The van der Waals surface area contributed by atoms with Crippen molar-refractivity contribution in [2.45, 2.75) is 49.5 Å². The summed E-state index contributed by atoms with van der Waals surface area (Å²) in [5.41, 5.74) is 2.19. The molecule has 1 fully saturated rings. The van der Waals surface area contributed by atoms with Gasteiger partial charge in [-0.2, -0.15) is 4.31 Å². The molecule has 1 atom stereocenters. The number of aryl methyl sites for hydroxylation is 2. The Labute approximate surface area is 258 Å². The topological polar surface area (TPSA) is 170 Å². The summed E-state index contributed by atoms with van der Waals surface area (Å²) in [4.78, 5) is 43.5. The van der Waals surface area contributed by atoms with Crippen molar-refractivity contribution >= 4 is 33.6 Å². The third kappa shape index (κ3) is 9.13. The van der Waals surface area contributed by atoms with Crippen LogP contribution in [0.25, 0.3) is 0 Å². The summed E-state index contributed by atoms with van der Waals surface area (Å²) in [6.07, 6.45) is 4.45. The number of carboxylic acid groups (broad SMARTS) is 1. The monoisotopic (exact) mass is 630 g/mol. The molecule has 0 saturated carbocycles. The number of pyridine rings is 1. The van der Waals surface area contributed by atoms with E-state index in [1.165, 1.54) is 22.0 Å². The fourth-order valence-electron chi connectivity index (χ4n) is 4.91. The van der Waals surface area contributed by atoms with Crippen LogP contribution in [0.3, 0.4) is 0 Å². The molecule has 1 aromatic carbocycles. The van der Waals surface area contributed by atoms with Gasteiger partial charge < -0.3 is 30.7 Å². The maximum atomic E-state index is 13.1. The van der Waals surface area contributed by atoms with Crippen LogP contribution in [0.15, 0.2) is 41.3 Å².